The molecule has 5 saturated carbocycles. The van der Waals surface area contributed by atoms with Gasteiger partial charge in [-0.25, -0.2) is 0 Å². The first-order chi connectivity index (χ1) is 14.3. The second-order valence-electron chi connectivity index (χ2n) is 13.5. The fraction of sp³-hybridized carbons (Fsp3) is 1.00. The van der Waals surface area contributed by atoms with Crippen molar-refractivity contribution in [2.45, 2.75) is 103 Å². The zero-order valence-electron chi connectivity index (χ0n) is 19.5. The summed E-state index contributed by atoms with van der Waals surface area (Å²) in [5.41, 5.74) is 1.07. The van der Waals surface area contributed by atoms with E-state index in [-0.39, 0.29) is 11.9 Å². The van der Waals surface area contributed by atoms with Crippen LogP contribution in [0.5, 0.6) is 0 Å². The van der Waals surface area contributed by atoms with E-state index in [2.05, 4.69) is 27.7 Å². The van der Waals surface area contributed by atoms with Gasteiger partial charge in [-0.2, -0.15) is 0 Å². The predicted molar refractivity (Wildman–Crippen MR) is 116 cm³/mol. The van der Waals surface area contributed by atoms with Crippen molar-refractivity contribution in [1.29, 1.82) is 0 Å². The van der Waals surface area contributed by atoms with Crippen LogP contribution in [0.25, 0.3) is 0 Å². The molecule has 7 fully saturated rings. The fourth-order valence-electron chi connectivity index (χ4n) is 11.3. The van der Waals surface area contributed by atoms with Crippen LogP contribution in [0, 0.1) is 57.7 Å². The zero-order chi connectivity index (χ0) is 20.7. The average Bonchev–Trinajstić information content (AvgIpc) is 3.17. The minimum Gasteiger partial charge on any atom is -0.393 e. The summed E-state index contributed by atoms with van der Waals surface area (Å²) in [5.74, 6) is 4.60. The molecule has 0 bridgehead atoms. The van der Waals surface area contributed by atoms with Crippen molar-refractivity contribution in [1.82, 2.24) is 0 Å². The molecule has 2 spiro atoms. The maximum absolute atomic E-state index is 11.4. The van der Waals surface area contributed by atoms with Gasteiger partial charge in [0.1, 0.15) is 0 Å². The van der Waals surface area contributed by atoms with Crippen LogP contribution in [0.1, 0.15) is 85.5 Å². The summed E-state index contributed by atoms with van der Waals surface area (Å²) in [6.07, 6.45) is 11.8. The van der Waals surface area contributed by atoms with E-state index in [0.29, 0.717) is 46.0 Å². The van der Waals surface area contributed by atoms with Crippen molar-refractivity contribution in [2.24, 2.45) is 57.7 Å². The highest BCUT2D eigenvalue weighted by Crippen LogP contribution is 2.82. The van der Waals surface area contributed by atoms with Crippen molar-refractivity contribution < 1.29 is 14.6 Å². The second-order valence-corrected chi connectivity index (χ2v) is 13.5. The molecule has 2 heterocycles. The lowest BCUT2D eigenvalue weighted by atomic mass is 9.45. The topological polar surface area (TPSA) is 38.7 Å². The smallest absolute Gasteiger partial charge is 0.171 e. The molecular weight excluding hydrogens is 372 g/mol. The highest BCUT2D eigenvalue weighted by atomic mass is 16.7. The molecule has 2 aliphatic heterocycles. The number of rotatable bonds is 0. The van der Waals surface area contributed by atoms with Crippen molar-refractivity contribution in [3.63, 3.8) is 0 Å². The largest absolute Gasteiger partial charge is 0.393 e. The molecule has 0 aromatic heterocycles. The molecule has 3 heteroatoms. The molecule has 7 aliphatic rings. The first kappa shape index (κ1) is 19.4. The van der Waals surface area contributed by atoms with E-state index in [0.717, 1.165) is 37.2 Å². The van der Waals surface area contributed by atoms with Crippen LogP contribution in [-0.4, -0.2) is 29.7 Å². The summed E-state index contributed by atoms with van der Waals surface area (Å²) in [5, 5.41) is 11.4. The molecular formula is C27H42O3. The first-order valence-electron chi connectivity index (χ1n) is 13.2. The van der Waals surface area contributed by atoms with Crippen LogP contribution in [0.3, 0.4) is 0 Å². The van der Waals surface area contributed by atoms with Gasteiger partial charge in [-0.15, -0.1) is 0 Å². The lowest BCUT2D eigenvalue weighted by Crippen LogP contribution is -2.57. The molecule has 0 amide bonds. The minimum absolute atomic E-state index is 0.0492. The second kappa shape index (κ2) is 5.68. The van der Waals surface area contributed by atoms with Crippen molar-refractivity contribution in [3.8, 4) is 0 Å². The van der Waals surface area contributed by atoms with E-state index in [1.54, 1.807) is 0 Å². The minimum atomic E-state index is -0.304. The monoisotopic (exact) mass is 414 g/mol. The summed E-state index contributed by atoms with van der Waals surface area (Å²) >= 11 is 0. The number of fused-ring (bicyclic) bond motifs is 6. The molecule has 2 saturated heterocycles. The maximum atomic E-state index is 11.4. The average molecular weight is 415 g/mol. The fourth-order valence-corrected chi connectivity index (χ4v) is 11.3. The number of ether oxygens (including phenoxy) is 2. The van der Waals surface area contributed by atoms with Gasteiger partial charge in [-0.1, -0.05) is 27.7 Å². The van der Waals surface area contributed by atoms with Crippen LogP contribution < -0.4 is 0 Å². The number of aliphatic hydroxyl groups is 1. The Morgan fingerprint density at radius 3 is 2.50 bits per heavy atom. The standard InChI is InChI=1S/C27H42O3/c1-15-5-10-27(29-14-15)16(2)23-21(30-27)12-20-18-11-22(28)26-13-17(26)6-9-25(26,4)19(18)7-8-24(20,23)3/h15-23,28H,5-14H2,1-4H3/t15-,16+,17+,18-,19+,20+,21+,22-,23+,24+,25-,26?,27-/m1/s1. The summed E-state index contributed by atoms with van der Waals surface area (Å²) in [6.45, 7) is 10.8. The SMILES string of the molecule is C[C@@H]1CC[C@@]2(OC1)O[C@H]1C[C@H]3[C@@H]4C[C@@H](O)C56C[C@@H]5CC[C@]6(C)[C@H]4CC[C@]3(C)[C@H]1[C@@H]2C. The van der Waals surface area contributed by atoms with Crippen molar-refractivity contribution in [2.75, 3.05) is 6.61 Å². The Balaban J connectivity index is 1.20. The molecule has 5 aliphatic carbocycles. The predicted octanol–water partition coefficient (Wildman–Crippen LogP) is 5.40. The van der Waals surface area contributed by atoms with Gasteiger partial charge in [0.05, 0.1) is 18.8 Å². The molecule has 30 heavy (non-hydrogen) atoms. The van der Waals surface area contributed by atoms with Crippen LogP contribution in [0.4, 0.5) is 0 Å². The van der Waals surface area contributed by atoms with E-state index >= 15 is 0 Å². The molecule has 3 nitrogen and oxygen atoms in total. The Morgan fingerprint density at radius 1 is 0.933 bits per heavy atom. The third-order valence-electron chi connectivity index (χ3n) is 12.8. The Morgan fingerprint density at radius 2 is 1.77 bits per heavy atom. The van der Waals surface area contributed by atoms with Crippen LogP contribution in [0.2, 0.25) is 0 Å². The quantitative estimate of drug-likeness (QED) is 0.576. The number of hydrogen-bond donors (Lipinski definition) is 1. The van der Waals surface area contributed by atoms with Crippen LogP contribution >= 0.6 is 0 Å². The summed E-state index contributed by atoms with van der Waals surface area (Å²) in [4.78, 5) is 0. The zero-order valence-corrected chi connectivity index (χ0v) is 19.5. The highest BCUT2D eigenvalue weighted by molar-refractivity contribution is 5.26. The van der Waals surface area contributed by atoms with Crippen molar-refractivity contribution in [3.05, 3.63) is 0 Å². The Labute approximate surface area is 182 Å². The van der Waals surface area contributed by atoms with Gasteiger partial charge < -0.3 is 14.6 Å². The molecule has 7 rings (SSSR count). The van der Waals surface area contributed by atoms with Gasteiger partial charge >= 0.3 is 0 Å². The van der Waals surface area contributed by atoms with E-state index in [1.165, 1.54) is 44.9 Å². The summed E-state index contributed by atoms with van der Waals surface area (Å²) < 4.78 is 13.4. The molecule has 1 N–H and O–H groups in total. The first-order valence-corrected chi connectivity index (χ1v) is 13.2. The van der Waals surface area contributed by atoms with E-state index in [1.807, 2.05) is 0 Å². The van der Waals surface area contributed by atoms with E-state index in [4.69, 9.17) is 9.47 Å². The lowest BCUT2D eigenvalue weighted by molar-refractivity contribution is -0.273. The maximum Gasteiger partial charge on any atom is 0.171 e. The van der Waals surface area contributed by atoms with Gasteiger partial charge in [-0.3, -0.25) is 0 Å². The van der Waals surface area contributed by atoms with Crippen LogP contribution in [0.15, 0.2) is 0 Å². The van der Waals surface area contributed by atoms with E-state index < -0.39 is 0 Å². The molecule has 0 radical (unpaired) electrons. The summed E-state index contributed by atoms with van der Waals surface area (Å²) in [6, 6.07) is 0. The Hall–Kier alpha value is -0.120. The van der Waals surface area contributed by atoms with Gasteiger partial charge in [0.25, 0.3) is 0 Å². The number of aliphatic hydroxyl groups excluding tert-OH is 1. The van der Waals surface area contributed by atoms with Crippen LogP contribution in [-0.2, 0) is 9.47 Å². The van der Waals surface area contributed by atoms with Gasteiger partial charge in [-0.05, 0) is 97.7 Å². The summed E-state index contributed by atoms with van der Waals surface area (Å²) in [7, 11) is 0. The van der Waals surface area contributed by atoms with Gasteiger partial charge in [0.15, 0.2) is 5.79 Å². The Kier molecular flexibility index (Phi) is 3.66. The molecule has 0 aromatic rings. The van der Waals surface area contributed by atoms with Gasteiger partial charge in [0.2, 0.25) is 0 Å². The molecule has 168 valence electrons. The molecule has 0 aromatic carbocycles. The normalized spacial score (nSPS) is 68.1. The van der Waals surface area contributed by atoms with Crippen molar-refractivity contribution >= 4 is 0 Å². The third-order valence-corrected chi connectivity index (χ3v) is 12.8. The Bertz CT molecular complexity index is 757. The number of hydrogen-bond acceptors (Lipinski definition) is 3. The molecule has 13 atom stereocenters. The van der Waals surface area contributed by atoms with Gasteiger partial charge in [0, 0.05) is 17.8 Å². The molecule has 1 unspecified atom stereocenters. The third kappa shape index (κ3) is 1.98. The lowest BCUT2D eigenvalue weighted by Gasteiger charge is -2.60. The van der Waals surface area contributed by atoms with E-state index in [9.17, 15) is 5.11 Å². The highest BCUT2D eigenvalue weighted by Gasteiger charge is 2.78.